The highest BCUT2D eigenvalue weighted by Gasteiger charge is 2.28. The molecule has 1 aliphatic heterocycles. The first-order valence-corrected chi connectivity index (χ1v) is 10.6. The Bertz CT molecular complexity index is 846. The molecule has 2 aromatic carbocycles. The molecule has 2 aromatic rings. The topological polar surface area (TPSA) is 36.0 Å². The van der Waals surface area contributed by atoms with Crippen LogP contribution < -0.4 is 9.64 Å². The molecule has 0 bridgehead atoms. The lowest BCUT2D eigenvalue weighted by Crippen LogP contribution is -2.50. The van der Waals surface area contributed by atoms with Gasteiger partial charge in [-0.05, 0) is 42.5 Å². The minimum absolute atomic E-state index is 0.210. The minimum Gasteiger partial charge on any atom is -0.495 e. The monoisotopic (exact) mass is 393 g/mol. The van der Waals surface area contributed by atoms with Crippen molar-refractivity contribution in [2.45, 2.75) is 25.3 Å². The zero-order valence-corrected chi connectivity index (χ0v) is 17.5. The smallest absolute Gasteiger partial charge is 0.237 e. The van der Waals surface area contributed by atoms with E-state index in [0.717, 1.165) is 56.9 Å². The van der Waals surface area contributed by atoms with Crippen LogP contribution in [0.2, 0.25) is 0 Å². The predicted molar refractivity (Wildman–Crippen MR) is 117 cm³/mol. The quantitative estimate of drug-likeness (QED) is 0.781. The number of carbonyl (C=O) groups is 1. The number of fused-ring (bicyclic) bond motifs is 1. The van der Waals surface area contributed by atoms with Gasteiger partial charge in [0.1, 0.15) is 5.75 Å². The van der Waals surface area contributed by atoms with Crippen molar-refractivity contribution in [1.29, 1.82) is 0 Å². The molecular weight excluding hydrogens is 362 g/mol. The summed E-state index contributed by atoms with van der Waals surface area (Å²) in [5.74, 6) is 1.13. The summed E-state index contributed by atoms with van der Waals surface area (Å²) in [6, 6.07) is 16.9. The van der Waals surface area contributed by atoms with Gasteiger partial charge < -0.3 is 14.5 Å². The summed E-state index contributed by atoms with van der Waals surface area (Å²) in [4.78, 5) is 19.6. The summed E-state index contributed by atoms with van der Waals surface area (Å²) in [5, 5.41) is 0. The van der Waals surface area contributed by atoms with Crippen molar-refractivity contribution < 1.29 is 9.53 Å². The highest BCUT2D eigenvalue weighted by molar-refractivity contribution is 5.78. The fraction of sp³-hybridized carbons (Fsp3) is 0.458. The molecule has 0 radical (unpaired) electrons. The SMILES string of the molecule is COc1ccccc1N1CCN(CC(=O)N(C)[C@H]2CCCc3ccccc32)CC1. The second-order valence-electron chi connectivity index (χ2n) is 8.05. The number of nitrogens with zero attached hydrogens (tertiary/aromatic N) is 3. The maximum atomic E-state index is 13.0. The Labute approximate surface area is 173 Å². The molecule has 2 aliphatic rings. The molecule has 1 heterocycles. The number of likely N-dealkylation sites (N-methyl/N-ethyl adjacent to an activating group) is 1. The van der Waals surface area contributed by atoms with E-state index in [1.807, 2.05) is 30.1 Å². The Hall–Kier alpha value is -2.53. The lowest BCUT2D eigenvalue weighted by atomic mass is 9.87. The van der Waals surface area contributed by atoms with E-state index in [9.17, 15) is 4.79 Å². The summed E-state index contributed by atoms with van der Waals surface area (Å²) in [5.41, 5.74) is 3.86. The molecule has 4 rings (SSSR count). The van der Waals surface area contributed by atoms with Crippen LogP contribution in [0, 0.1) is 0 Å². The average Bonchev–Trinajstić information content (AvgIpc) is 2.78. The van der Waals surface area contributed by atoms with Crippen LogP contribution in [0.4, 0.5) is 5.69 Å². The molecule has 29 heavy (non-hydrogen) atoms. The van der Waals surface area contributed by atoms with Gasteiger partial charge in [-0.1, -0.05) is 36.4 Å². The molecule has 5 heteroatoms. The van der Waals surface area contributed by atoms with Crippen LogP contribution >= 0.6 is 0 Å². The van der Waals surface area contributed by atoms with Gasteiger partial charge in [0.2, 0.25) is 5.91 Å². The van der Waals surface area contributed by atoms with Crippen LogP contribution in [0.1, 0.15) is 30.0 Å². The van der Waals surface area contributed by atoms with Crippen LogP contribution in [0.15, 0.2) is 48.5 Å². The van der Waals surface area contributed by atoms with E-state index >= 15 is 0 Å². The summed E-state index contributed by atoms with van der Waals surface area (Å²) in [7, 11) is 3.69. The molecule has 1 saturated heterocycles. The number of anilines is 1. The van der Waals surface area contributed by atoms with Gasteiger partial charge in [-0.2, -0.15) is 0 Å². The third-order valence-electron chi connectivity index (χ3n) is 6.36. The number of benzene rings is 2. The molecule has 154 valence electrons. The standard InChI is InChI=1S/C24H31N3O2/c1-25(21-12-7-9-19-8-3-4-10-20(19)21)24(28)18-26-14-16-27(17-15-26)22-11-5-6-13-23(22)29-2/h3-6,8,10-11,13,21H,7,9,12,14-18H2,1-2H3/t21-/m0/s1. The van der Waals surface area contributed by atoms with Gasteiger partial charge in [-0.15, -0.1) is 0 Å². The van der Waals surface area contributed by atoms with Gasteiger partial charge in [0.05, 0.1) is 25.4 Å². The maximum Gasteiger partial charge on any atom is 0.237 e. The van der Waals surface area contributed by atoms with E-state index < -0.39 is 0 Å². The van der Waals surface area contributed by atoms with Gasteiger partial charge in [0.25, 0.3) is 0 Å². The normalized spacial score (nSPS) is 19.5. The summed E-state index contributed by atoms with van der Waals surface area (Å²) in [6.07, 6.45) is 3.33. The molecule has 1 amide bonds. The Balaban J connectivity index is 1.34. The molecule has 5 nitrogen and oxygen atoms in total. The van der Waals surface area contributed by atoms with Crippen molar-refractivity contribution in [3.63, 3.8) is 0 Å². The molecular formula is C24H31N3O2. The molecule has 0 aromatic heterocycles. The number of hydrogen-bond donors (Lipinski definition) is 0. The van der Waals surface area contributed by atoms with E-state index in [1.165, 1.54) is 11.1 Å². The summed E-state index contributed by atoms with van der Waals surface area (Å²) >= 11 is 0. The van der Waals surface area contributed by atoms with Crippen LogP contribution in [0.3, 0.4) is 0 Å². The van der Waals surface area contributed by atoms with Crippen molar-refractivity contribution in [2.75, 3.05) is 51.8 Å². The third-order valence-corrected chi connectivity index (χ3v) is 6.36. The van der Waals surface area contributed by atoms with Gasteiger partial charge in [-0.3, -0.25) is 9.69 Å². The molecule has 0 spiro atoms. The molecule has 1 aliphatic carbocycles. The van der Waals surface area contributed by atoms with Crippen LogP contribution in [0.5, 0.6) is 5.75 Å². The van der Waals surface area contributed by atoms with Crippen molar-refractivity contribution in [2.24, 2.45) is 0 Å². The van der Waals surface area contributed by atoms with Crippen molar-refractivity contribution in [3.8, 4) is 5.75 Å². The van der Waals surface area contributed by atoms with Crippen LogP contribution in [-0.2, 0) is 11.2 Å². The van der Waals surface area contributed by atoms with Crippen molar-refractivity contribution in [1.82, 2.24) is 9.80 Å². The highest BCUT2D eigenvalue weighted by atomic mass is 16.5. The minimum atomic E-state index is 0.210. The van der Waals surface area contributed by atoms with Crippen LogP contribution in [0.25, 0.3) is 0 Å². The number of ether oxygens (including phenoxy) is 1. The van der Waals surface area contributed by atoms with E-state index in [1.54, 1.807) is 7.11 Å². The summed E-state index contributed by atoms with van der Waals surface area (Å²) < 4.78 is 5.50. The number of para-hydroxylation sites is 2. The van der Waals surface area contributed by atoms with Crippen molar-refractivity contribution >= 4 is 11.6 Å². The Kier molecular flexibility index (Phi) is 6.05. The number of piperazine rings is 1. The van der Waals surface area contributed by atoms with E-state index in [0.29, 0.717) is 6.54 Å². The zero-order valence-electron chi connectivity index (χ0n) is 17.5. The lowest BCUT2D eigenvalue weighted by molar-refractivity contribution is -0.133. The van der Waals surface area contributed by atoms with Gasteiger partial charge in [0, 0.05) is 33.2 Å². The fourth-order valence-corrected chi connectivity index (χ4v) is 4.65. The zero-order chi connectivity index (χ0) is 20.2. The first kappa shape index (κ1) is 19.8. The van der Waals surface area contributed by atoms with E-state index in [-0.39, 0.29) is 11.9 Å². The van der Waals surface area contributed by atoms with E-state index in [4.69, 9.17) is 4.74 Å². The van der Waals surface area contributed by atoms with E-state index in [2.05, 4.69) is 40.1 Å². The number of methoxy groups -OCH3 is 1. The van der Waals surface area contributed by atoms with Gasteiger partial charge in [-0.25, -0.2) is 0 Å². The molecule has 1 fully saturated rings. The first-order valence-electron chi connectivity index (χ1n) is 10.6. The number of rotatable bonds is 5. The number of amides is 1. The van der Waals surface area contributed by atoms with Gasteiger partial charge >= 0.3 is 0 Å². The first-order chi connectivity index (χ1) is 14.2. The summed E-state index contributed by atoms with van der Waals surface area (Å²) in [6.45, 7) is 4.08. The second-order valence-corrected chi connectivity index (χ2v) is 8.05. The maximum absolute atomic E-state index is 13.0. The van der Waals surface area contributed by atoms with Crippen LogP contribution in [-0.4, -0.2) is 62.6 Å². The molecule has 0 saturated carbocycles. The third kappa shape index (κ3) is 4.25. The predicted octanol–water partition coefficient (Wildman–Crippen LogP) is 3.35. The Morgan fingerprint density at radius 2 is 1.79 bits per heavy atom. The molecule has 1 atom stereocenters. The average molecular weight is 394 g/mol. The number of hydrogen-bond acceptors (Lipinski definition) is 4. The Morgan fingerprint density at radius 1 is 1.07 bits per heavy atom. The van der Waals surface area contributed by atoms with Crippen molar-refractivity contribution in [3.05, 3.63) is 59.7 Å². The Morgan fingerprint density at radius 3 is 2.59 bits per heavy atom. The molecule has 0 unspecified atom stereocenters. The number of carbonyl (C=O) groups excluding carboxylic acids is 1. The highest BCUT2D eigenvalue weighted by Crippen LogP contribution is 2.33. The largest absolute Gasteiger partial charge is 0.495 e. The van der Waals surface area contributed by atoms with Gasteiger partial charge in [0.15, 0.2) is 0 Å². The number of aryl methyl sites for hydroxylation is 1. The molecule has 0 N–H and O–H groups in total. The lowest BCUT2D eigenvalue weighted by Gasteiger charge is -2.38. The second kappa shape index (κ2) is 8.87. The fourth-order valence-electron chi connectivity index (χ4n) is 4.65.